The molecule has 0 bridgehead atoms. The van der Waals surface area contributed by atoms with Gasteiger partial charge in [0, 0.05) is 6.54 Å². The van der Waals surface area contributed by atoms with E-state index in [-0.39, 0.29) is 23.4 Å². The van der Waals surface area contributed by atoms with E-state index in [0.29, 0.717) is 17.8 Å². The van der Waals surface area contributed by atoms with E-state index < -0.39 is 0 Å². The summed E-state index contributed by atoms with van der Waals surface area (Å²) in [6, 6.07) is 0. The summed E-state index contributed by atoms with van der Waals surface area (Å²) in [6.45, 7) is 15.9. The van der Waals surface area contributed by atoms with Gasteiger partial charge < -0.3 is 11.5 Å². The van der Waals surface area contributed by atoms with Crippen LogP contribution in [0.4, 0.5) is 0 Å². The Morgan fingerprint density at radius 2 is 1.62 bits per heavy atom. The molecule has 144 valence electrons. The maximum absolute atomic E-state index is 5.98. The average molecular weight is 362 g/mol. The molecule has 0 aliphatic carbocycles. The van der Waals surface area contributed by atoms with Gasteiger partial charge in [0.05, 0.1) is 5.54 Å². The van der Waals surface area contributed by atoms with Crippen molar-refractivity contribution in [2.45, 2.75) is 86.1 Å². The van der Waals surface area contributed by atoms with Crippen molar-refractivity contribution in [2.75, 3.05) is 6.54 Å². The van der Waals surface area contributed by atoms with Crippen LogP contribution in [0, 0.1) is 11.3 Å². The predicted octanol–water partition coefficient (Wildman–Crippen LogP) is 4.06. The summed E-state index contributed by atoms with van der Waals surface area (Å²) in [4.78, 5) is 8.97. The first-order valence-electron chi connectivity index (χ1n) is 8.91. The molecule has 1 unspecified atom stereocenters. The molecule has 5 nitrogen and oxygen atoms in total. The van der Waals surface area contributed by atoms with Gasteiger partial charge in [0.25, 0.3) is 0 Å². The molecule has 0 saturated carbocycles. The Morgan fingerprint density at radius 1 is 1.04 bits per heavy atom. The van der Waals surface area contributed by atoms with Gasteiger partial charge in [-0.25, -0.2) is 4.99 Å². The van der Waals surface area contributed by atoms with Crippen molar-refractivity contribution in [1.82, 2.24) is 5.32 Å². The molecule has 0 fully saturated rings. The molecule has 0 aliphatic heterocycles. The van der Waals surface area contributed by atoms with Crippen molar-refractivity contribution in [3.8, 4) is 0 Å². The van der Waals surface area contributed by atoms with Gasteiger partial charge in [0.15, 0.2) is 11.9 Å². The number of aliphatic imine (C=N–C) groups is 2. The summed E-state index contributed by atoms with van der Waals surface area (Å²) in [5.41, 5.74) is 11.9. The first kappa shape index (κ1) is 25.3. The van der Waals surface area contributed by atoms with Gasteiger partial charge in [0.1, 0.15) is 0 Å². The standard InChI is InChI=1S/C18H39N5.ClH/c1-8-10-11-14(9-2)12-21-15(19)22-16(20)23-18(6,7)13-17(3,4)5;/h14H,8-13H2,1-7H3,(H5,19,20,21,22,23);1H. The average Bonchev–Trinajstić information content (AvgIpc) is 2.34. The third-order valence-corrected chi connectivity index (χ3v) is 3.71. The number of guanidine groups is 2. The summed E-state index contributed by atoms with van der Waals surface area (Å²) in [5.74, 6) is 1.28. The molecule has 24 heavy (non-hydrogen) atoms. The third kappa shape index (κ3) is 13.5. The number of halogens is 1. The summed E-state index contributed by atoms with van der Waals surface area (Å²) in [7, 11) is 0. The molecule has 0 spiro atoms. The lowest BCUT2D eigenvalue weighted by Crippen LogP contribution is -2.43. The molecule has 0 radical (unpaired) electrons. The first-order chi connectivity index (χ1) is 10.5. The van der Waals surface area contributed by atoms with Crippen LogP contribution in [-0.4, -0.2) is 24.0 Å². The lowest BCUT2D eigenvalue weighted by atomic mass is 9.82. The maximum atomic E-state index is 5.98. The smallest absolute Gasteiger partial charge is 0.195 e. The highest BCUT2D eigenvalue weighted by Gasteiger charge is 2.25. The van der Waals surface area contributed by atoms with Crippen LogP contribution in [0.15, 0.2) is 9.98 Å². The summed E-state index contributed by atoms with van der Waals surface area (Å²) < 4.78 is 0. The fraction of sp³-hybridized carbons (Fsp3) is 0.889. The van der Waals surface area contributed by atoms with Crippen molar-refractivity contribution in [2.24, 2.45) is 32.8 Å². The first-order valence-corrected chi connectivity index (χ1v) is 8.91. The van der Waals surface area contributed by atoms with E-state index in [1.807, 2.05) is 0 Å². The van der Waals surface area contributed by atoms with Crippen molar-refractivity contribution >= 4 is 24.3 Å². The van der Waals surface area contributed by atoms with E-state index in [4.69, 9.17) is 11.5 Å². The van der Waals surface area contributed by atoms with E-state index in [1.165, 1.54) is 19.3 Å². The van der Waals surface area contributed by atoms with Gasteiger partial charge in [-0.3, -0.25) is 10.3 Å². The molecule has 0 aromatic carbocycles. The van der Waals surface area contributed by atoms with Crippen LogP contribution >= 0.6 is 12.4 Å². The molecule has 5 N–H and O–H groups in total. The monoisotopic (exact) mass is 361 g/mol. The molecule has 0 amide bonds. The second kappa shape index (κ2) is 11.6. The van der Waals surface area contributed by atoms with Crippen LogP contribution in [0.2, 0.25) is 0 Å². The molecule has 0 rings (SSSR count). The molecule has 0 aliphatic rings. The molecule has 0 heterocycles. The summed E-state index contributed by atoms with van der Waals surface area (Å²) >= 11 is 0. The Bertz CT molecular complexity index is 397. The topological polar surface area (TPSA) is 88.8 Å². The normalized spacial score (nSPS) is 15.0. The Balaban J connectivity index is 0. The van der Waals surface area contributed by atoms with Crippen molar-refractivity contribution in [3.63, 3.8) is 0 Å². The zero-order valence-corrected chi connectivity index (χ0v) is 17.6. The van der Waals surface area contributed by atoms with Crippen molar-refractivity contribution in [1.29, 1.82) is 0 Å². The highest BCUT2D eigenvalue weighted by molar-refractivity contribution is 5.97. The number of nitrogens with one attached hydrogen (secondary N) is 1. The molecule has 0 aromatic heterocycles. The van der Waals surface area contributed by atoms with Gasteiger partial charge in [-0.15, -0.1) is 12.4 Å². The van der Waals surface area contributed by atoms with Crippen molar-refractivity contribution in [3.05, 3.63) is 0 Å². The minimum absolute atomic E-state index is 0. The molecular formula is C18H40ClN5. The van der Waals surface area contributed by atoms with Crippen LogP contribution < -0.4 is 16.8 Å². The van der Waals surface area contributed by atoms with E-state index >= 15 is 0 Å². The number of hydrogen-bond acceptors (Lipinski definition) is 2. The van der Waals surface area contributed by atoms with Gasteiger partial charge in [-0.1, -0.05) is 53.9 Å². The SMILES string of the molecule is CCCCC(CC)CN=C(N)NC(N)=NC(C)(C)CC(C)(C)C.Cl. The van der Waals surface area contributed by atoms with Crippen LogP contribution in [0.1, 0.15) is 80.6 Å². The zero-order valence-electron chi connectivity index (χ0n) is 16.8. The maximum Gasteiger partial charge on any atom is 0.195 e. The minimum atomic E-state index is -0.233. The molecular weight excluding hydrogens is 322 g/mol. The molecule has 6 heteroatoms. The van der Waals surface area contributed by atoms with Crippen LogP contribution in [-0.2, 0) is 0 Å². The number of unbranched alkanes of at least 4 members (excludes halogenated alkanes) is 1. The van der Waals surface area contributed by atoms with E-state index in [9.17, 15) is 0 Å². The highest BCUT2D eigenvalue weighted by Crippen LogP contribution is 2.29. The van der Waals surface area contributed by atoms with E-state index in [0.717, 1.165) is 19.4 Å². The van der Waals surface area contributed by atoms with Gasteiger partial charge in [0.2, 0.25) is 0 Å². The van der Waals surface area contributed by atoms with Crippen molar-refractivity contribution < 1.29 is 0 Å². The summed E-state index contributed by atoms with van der Waals surface area (Å²) in [5, 5.41) is 2.91. The second-order valence-corrected chi connectivity index (χ2v) is 8.31. The van der Waals surface area contributed by atoms with E-state index in [2.05, 4.69) is 63.8 Å². The second-order valence-electron chi connectivity index (χ2n) is 8.31. The predicted molar refractivity (Wildman–Crippen MR) is 110 cm³/mol. The number of nitrogens with two attached hydrogens (primary N) is 2. The molecule has 0 saturated heterocycles. The lowest BCUT2D eigenvalue weighted by molar-refractivity contribution is 0.288. The third-order valence-electron chi connectivity index (χ3n) is 3.71. The largest absolute Gasteiger partial charge is 0.370 e. The number of rotatable bonds is 8. The van der Waals surface area contributed by atoms with Crippen LogP contribution in [0.25, 0.3) is 0 Å². The Hall–Kier alpha value is -0.970. The minimum Gasteiger partial charge on any atom is -0.370 e. The Kier molecular flexibility index (Phi) is 12.2. The van der Waals surface area contributed by atoms with Gasteiger partial charge in [-0.2, -0.15) is 0 Å². The lowest BCUT2D eigenvalue weighted by Gasteiger charge is -2.29. The highest BCUT2D eigenvalue weighted by atomic mass is 35.5. The molecule has 1 atom stereocenters. The fourth-order valence-corrected chi connectivity index (χ4v) is 3.01. The Labute approximate surface area is 155 Å². The number of nitrogens with zero attached hydrogens (tertiary/aromatic N) is 2. The van der Waals surface area contributed by atoms with Gasteiger partial charge in [-0.05, 0) is 38.0 Å². The number of hydrogen-bond donors (Lipinski definition) is 3. The van der Waals surface area contributed by atoms with Crippen LogP contribution in [0.3, 0.4) is 0 Å². The van der Waals surface area contributed by atoms with Gasteiger partial charge >= 0.3 is 0 Å². The van der Waals surface area contributed by atoms with Crippen LogP contribution in [0.5, 0.6) is 0 Å². The Morgan fingerprint density at radius 3 is 2.08 bits per heavy atom. The quantitative estimate of drug-likeness (QED) is 0.450. The van der Waals surface area contributed by atoms with E-state index in [1.54, 1.807) is 0 Å². The molecule has 0 aromatic rings. The summed E-state index contributed by atoms with van der Waals surface area (Å²) in [6.07, 6.45) is 5.72. The zero-order chi connectivity index (χ0) is 18.1. The fourth-order valence-electron chi connectivity index (χ4n) is 3.01.